The van der Waals surface area contributed by atoms with E-state index in [4.69, 9.17) is 5.11 Å². The van der Waals surface area contributed by atoms with Gasteiger partial charge in [-0.15, -0.1) is 6.58 Å². The van der Waals surface area contributed by atoms with Crippen molar-refractivity contribution in [2.45, 2.75) is 19.4 Å². The molecule has 0 aromatic heterocycles. The molecule has 0 fully saturated rings. The Kier molecular flexibility index (Phi) is 4.20. The van der Waals surface area contributed by atoms with Crippen molar-refractivity contribution in [1.82, 2.24) is 0 Å². The van der Waals surface area contributed by atoms with Gasteiger partial charge in [-0.05, 0) is 19.6 Å². The van der Waals surface area contributed by atoms with Crippen molar-refractivity contribution in [2.24, 2.45) is 4.99 Å². The summed E-state index contributed by atoms with van der Waals surface area (Å²) < 4.78 is 0. The second-order valence-electron chi connectivity index (χ2n) is 1.79. The number of rotatable bonds is 4. The Morgan fingerprint density at radius 3 is 2.80 bits per heavy atom. The Morgan fingerprint density at radius 2 is 2.50 bits per heavy atom. The van der Waals surface area contributed by atoms with Crippen LogP contribution in [0.25, 0.3) is 0 Å². The van der Waals surface area contributed by atoms with E-state index in [0.717, 1.165) is 0 Å². The third kappa shape index (κ3) is 3.02. The SMILES string of the molecule is C=CC[C@H](N=CC)C(=O)O. The summed E-state index contributed by atoms with van der Waals surface area (Å²) in [7, 11) is 0. The van der Waals surface area contributed by atoms with Crippen molar-refractivity contribution in [3.8, 4) is 0 Å². The van der Waals surface area contributed by atoms with Gasteiger partial charge in [0.1, 0.15) is 6.04 Å². The smallest absolute Gasteiger partial charge is 0.328 e. The molecule has 0 aliphatic heterocycles. The summed E-state index contributed by atoms with van der Waals surface area (Å²) >= 11 is 0. The molecule has 0 saturated heterocycles. The van der Waals surface area contributed by atoms with Gasteiger partial charge in [0.15, 0.2) is 0 Å². The molecule has 3 nitrogen and oxygen atoms in total. The van der Waals surface area contributed by atoms with E-state index in [1.54, 1.807) is 13.0 Å². The number of nitrogens with zero attached hydrogens (tertiary/aromatic N) is 1. The molecule has 0 amide bonds. The quantitative estimate of drug-likeness (QED) is 0.471. The van der Waals surface area contributed by atoms with E-state index in [1.165, 1.54) is 6.21 Å². The van der Waals surface area contributed by atoms with Crippen LogP contribution in [0.4, 0.5) is 0 Å². The second-order valence-corrected chi connectivity index (χ2v) is 1.79. The fourth-order valence-electron chi connectivity index (χ4n) is 0.563. The van der Waals surface area contributed by atoms with Crippen LogP contribution in [0.15, 0.2) is 17.6 Å². The first-order valence-electron chi connectivity index (χ1n) is 3.03. The first kappa shape index (κ1) is 8.88. The Morgan fingerprint density at radius 1 is 1.90 bits per heavy atom. The summed E-state index contributed by atoms with van der Waals surface area (Å²) in [4.78, 5) is 14.0. The lowest BCUT2D eigenvalue weighted by atomic mass is 10.2. The molecule has 0 spiro atoms. The minimum Gasteiger partial charge on any atom is -0.480 e. The third-order valence-corrected chi connectivity index (χ3v) is 1.00. The van der Waals surface area contributed by atoms with E-state index in [0.29, 0.717) is 6.42 Å². The van der Waals surface area contributed by atoms with Crippen LogP contribution in [0, 0.1) is 0 Å². The van der Waals surface area contributed by atoms with Gasteiger partial charge in [0.25, 0.3) is 0 Å². The fourth-order valence-corrected chi connectivity index (χ4v) is 0.563. The van der Waals surface area contributed by atoms with Crippen molar-refractivity contribution in [3.05, 3.63) is 12.7 Å². The van der Waals surface area contributed by atoms with Crippen LogP contribution in [0.2, 0.25) is 0 Å². The molecule has 0 unspecified atom stereocenters. The second kappa shape index (κ2) is 4.73. The summed E-state index contributed by atoms with van der Waals surface area (Å²) in [5, 5.41) is 8.47. The van der Waals surface area contributed by atoms with Gasteiger partial charge < -0.3 is 5.11 Å². The van der Waals surface area contributed by atoms with Crippen molar-refractivity contribution < 1.29 is 9.90 Å². The lowest BCUT2D eigenvalue weighted by Crippen LogP contribution is -2.16. The molecule has 0 aliphatic carbocycles. The average Bonchev–Trinajstić information content (AvgIpc) is 1.87. The number of hydrogen-bond donors (Lipinski definition) is 1. The number of aliphatic carboxylic acids is 1. The van der Waals surface area contributed by atoms with Crippen molar-refractivity contribution in [2.75, 3.05) is 0 Å². The largest absolute Gasteiger partial charge is 0.480 e. The molecule has 1 atom stereocenters. The van der Waals surface area contributed by atoms with Gasteiger partial charge in [-0.3, -0.25) is 4.99 Å². The number of hydrogen-bond acceptors (Lipinski definition) is 2. The van der Waals surface area contributed by atoms with Gasteiger partial charge in [-0.2, -0.15) is 0 Å². The molecule has 0 bridgehead atoms. The molecular weight excluding hydrogens is 130 g/mol. The van der Waals surface area contributed by atoms with Crippen molar-refractivity contribution in [3.63, 3.8) is 0 Å². The van der Waals surface area contributed by atoms with Crippen molar-refractivity contribution in [1.29, 1.82) is 0 Å². The zero-order chi connectivity index (χ0) is 7.98. The fraction of sp³-hybridized carbons (Fsp3) is 0.429. The highest BCUT2D eigenvalue weighted by Crippen LogP contribution is 1.97. The highest BCUT2D eigenvalue weighted by molar-refractivity contribution is 5.75. The standard InChI is InChI=1S/C7H11NO2/c1-3-5-6(7(9)10)8-4-2/h3-4,6H,1,5H2,2H3,(H,9,10)/t6-/m0/s1. The maximum atomic E-state index is 10.3. The van der Waals surface area contributed by atoms with E-state index in [-0.39, 0.29) is 0 Å². The minimum absolute atomic E-state index is 0.389. The molecule has 1 N–H and O–H groups in total. The summed E-state index contributed by atoms with van der Waals surface area (Å²) in [6.45, 7) is 5.12. The van der Waals surface area contributed by atoms with Gasteiger partial charge in [-0.1, -0.05) is 6.08 Å². The van der Waals surface area contributed by atoms with Crippen LogP contribution in [0.5, 0.6) is 0 Å². The van der Waals surface area contributed by atoms with Crippen LogP contribution in [-0.2, 0) is 4.79 Å². The number of carbonyl (C=O) groups is 1. The zero-order valence-electron chi connectivity index (χ0n) is 5.95. The Bertz CT molecular complexity index is 152. The van der Waals surface area contributed by atoms with Gasteiger partial charge in [0, 0.05) is 0 Å². The van der Waals surface area contributed by atoms with Gasteiger partial charge in [-0.25, -0.2) is 4.79 Å². The van der Waals surface area contributed by atoms with E-state index in [2.05, 4.69) is 11.6 Å². The molecule has 0 saturated carbocycles. The van der Waals surface area contributed by atoms with Crippen LogP contribution in [0.3, 0.4) is 0 Å². The Hall–Kier alpha value is -1.12. The van der Waals surface area contributed by atoms with Gasteiger partial charge in [0.2, 0.25) is 0 Å². The zero-order valence-corrected chi connectivity index (χ0v) is 5.95. The average molecular weight is 141 g/mol. The van der Waals surface area contributed by atoms with Crippen LogP contribution < -0.4 is 0 Å². The highest BCUT2D eigenvalue weighted by atomic mass is 16.4. The maximum Gasteiger partial charge on any atom is 0.328 e. The molecular formula is C7H11NO2. The first-order chi connectivity index (χ1) is 4.72. The number of aliphatic imine (C=N–C) groups is 1. The topological polar surface area (TPSA) is 49.7 Å². The third-order valence-electron chi connectivity index (χ3n) is 1.00. The monoisotopic (exact) mass is 141 g/mol. The maximum absolute atomic E-state index is 10.3. The van der Waals surface area contributed by atoms with E-state index in [9.17, 15) is 4.79 Å². The molecule has 0 radical (unpaired) electrons. The van der Waals surface area contributed by atoms with Gasteiger partial charge in [0.05, 0.1) is 0 Å². The molecule has 10 heavy (non-hydrogen) atoms. The Balaban J connectivity index is 3.96. The number of carboxylic acids is 1. The predicted molar refractivity (Wildman–Crippen MR) is 40.4 cm³/mol. The van der Waals surface area contributed by atoms with Crippen molar-refractivity contribution >= 4 is 12.2 Å². The normalized spacial score (nSPS) is 13.3. The van der Waals surface area contributed by atoms with E-state index >= 15 is 0 Å². The molecule has 0 aromatic rings. The molecule has 3 heteroatoms. The van der Waals surface area contributed by atoms with E-state index < -0.39 is 12.0 Å². The summed E-state index contributed by atoms with van der Waals surface area (Å²) in [5.74, 6) is -0.905. The Labute approximate surface area is 60.1 Å². The van der Waals surface area contributed by atoms with Crippen LogP contribution in [-0.4, -0.2) is 23.3 Å². The lowest BCUT2D eigenvalue weighted by Gasteiger charge is -2.00. The predicted octanol–water partition coefficient (Wildman–Crippen LogP) is 1.11. The molecule has 0 aliphatic rings. The molecule has 56 valence electrons. The number of carboxylic acid groups (broad SMARTS) is 1. The highest BCUT2D eigenvalue weighted by Gasteiger charge is 2.11. The van der Waals surface area contributed by atoms with Gasteiger partial charge >= 0.3 is 5.97 Å². The van der Waals surface area contributed by atoms with Crippen LogP contribution in [0.1, 0.15) is 13.3 Å². The van der Waals surface area contributed by atoms with E-state index in [1.807, 2.05) is 0 Å². The molecule has 0 heterocycles. The van der Waals surface area contributed by atoms with Crippen LogP contribution >= 0.6 is 0 Å². The summed E-state index contributed by atoms with van der Waals surface area (Å²) in [5.41, 5.74) is 0. The first-order valence-corrected chi connectivity index (χ1v) is 3.03. The minimum atomic E-state index is -0.905. The summed E-state index contributed by atoms with van der Waals surface area (Å²) in [6, 6.07) is -0.650. The lowest BCUT2D eigenvalue weighted by molar-refractivity contribution is -0.138. The molecule has 0 rings (SSSR count). The summed E-state index contributed by atoms with van der Waals surface area (Å²) in [6.07, 6.45) is 3.42. The molecule has 0 aromatic carbocycles.